The van der Waals surface area contributed by atoms with Crippen molar-refractivity contribution in [2.45, 2.75) is 50.3 Å². The Bertz CT molecular complexity index is 1280. The molecule has 0 spiro atoms. The molecular weight excluding hydrogens is 532 g/mol. The minimum atomic E-state index is -2.40. The zero-order valence-corrected chi connectivity index (χ0v) is 23.5. The normalized spacial score (nSPS) is 22.6. The maximum atomic E-state index is 13.2. The summed E-state index contributed by atoms with van der Waals surface area (Å²) in [6, 6.07) is 25.0. The lowest BCUT2D eigenvalue weighted by molar-refractivity contribution is -0.281. The quantitative estimate of drug-likeness (QED) is 0.231. The monoisotopic (exact) mass is 564 g/mol. The Kier molecular flexibility index (Phi) is 9.49. The van der Waals surface area contributed by atoms with E-state index in [4.69, 9.17) is 23.4 Å². The Morgan fingerprint density at radius 2 is 1.10 bits per heavy atom. The first-order valence-corrected chi connectivity index (χ1v) is 16.3. The van der Waals surface area contributed by atoms with Gasteiger partial charge in [0, 0.05) is 0 Å². The lowest BCUT2D eigenvalue weighted by atomic mass is 9.98. The van der Waals surface area contributed by atoms with Gasteiger partial charge in [-0.1, -0.05) is 54.6 Å². The lowest BCUT2D eigenvalue weighted by Gasteiger charge is -2.45. The molecule has 4 rings (SSSR count). The van der Waals surface area contributed by atoms with E-state index in [1.807, 2.05) is 19.6 Å². The number of hydrogen-bond donors (Lipinski definition) is 1. The molecule has 1 heterocycles. The van der Waals surface area contributed by atoms with Crippen LogP contribution in [0.3, 0.4) is 0 Å². The van der Waals surface area contributed by atoms with Crippen LogP contribution in [-0.4, -0.2) is 68.6 Å². The maximum Gasteiger partial charge on any atom is 0.338 e. The molecule has 1 fully saturated rings. The zero-order chi connectivity index (χ0) is 28.7. The number of hydrogen-bond acceptors (Lipinski definition) is 9. The molecule has 3 aromatic rings. The molecule has 10 heteroatoms. The summed E-state index contributed by atoms with van der Waals surface area (Å²) in [5.74, 6) is -2.01. The highest BCUT2D eigenvalue weighted by atomic mass is 28.4. The van der Waals surface area contributed by atoms with Crippen LogP contribution in [0.25, 0.3) is 0 Å². The molecule has 0 amide bonds. The second kappa shape index (κ2) is 13.0. The number of rotatable bonds is 9. The summed E-state index contributed by atoms with van der Waals surface area (Å²) >= 11 is 0. The van der Waals surface area contributed by atoms with E-state index < -0.39 is 56.9 Å². The number of aliphatic hydroxyl groups excluding tert-OH is 1. The molecule has 0 radical (unpaired) electrons. The van der Waals surface area contributed by atoms with Crippen LogP contribution in [0.4, 0.5) is 0 Å². The van der Waals surface area contributed by atoms with Gasteiger partial charge in [0.05, 0.1) is 16.7 Å². The van der Waals surface area contributed by atoms with Crippen LogP contribution in [0.1, 0.15) is 31.1 Å². The fourth-order valence-corrected chi connectivity index (χ4v) is 5.27. The molecule has 210 valence electrons. The molecule has 1 aliphatic heterocycles. The van der Waals surface area contributed by atoms with Gasteiger partial charge in [-0.25, -0.2) is 14.4 Å². The van der Waals surface area contributed by atoms with Crippen LogP contribution in [0.15, 0.2) is 91.0 Å². The number of benzene rings is 3. The highest BCUT2D eigenvalue weighted by Gasteiger charge is 2.52. The van der Waals surface area contributed by atoms with Crippen molar-refractivity contribution in [3.8, 4) is 0 Å². The fourth-order valence-electron chi connectivity index (χ4n) is 4.19. The van der Waals surface area contributed by atoms with E-state index in [9.17, 15) is 19.5 Å². The molecule has 40 heavy (non-hydrogen) atoms. The fraction of sp³-hybridized carbons (Fsp3) is 0.300. The van der Waals surface area contributed by atoms with Crippen molar-refractivity contribution in [3.05, 3.63) is 108 Å². The largest absolute Gasteiger partial charge is 0.459 e. The van der Waals surface area contributed by atoms with Gasteiger partial charge in [-0.3, -0.25) is 0 Å². The Balaban J connectivity index is 1.64. The molecule has 0 aliphatic carbocycles. The van der Waals surface area contributed by atoms with Gasteiger partial charge < -0.3 is 28.5 Å². The van der Waals surface area contributed by atoms with Crippen molar-refractivity contribution in [2.24, 2.45) is 0 Å². The topological polar surface area (TPSA) is 118 Å². The number of ether oxygens (including phenoxy) is 4. The summed E-state index contributed by atoms with van der Waals surface area (Å²) in [6.45, 7) is 5.37. The van der Waals surface area contributed by atoms with E-state index in [1.54, 1.807) is 91.0 Å². The van der Waals surface area contributed by atoms with Crippen LogP contribution in [-0.2, 0) is 23.4 Å². The van der Waals surface area contributed by atoms with E-state index in [2.05, 4.69) is 0 Å². The van der Waals surface area contributed by atoms with Crippen molar-refractivity contribution in [1.29, 1.82) is 0 Å². The van der Waals surface area contributed by atoms with Crippen LogP contribution in [0.2, 0.25) is 19.6 Å². The van der Waals surface area contributed by atoms with E-state index in [0.29, 0.717) is 5.56 Å². The Labute approximate surface area is 233 Å². The van der Waals surface area contributed by atoms with E-state index in [-0.39, 0.29) is 17.7 Å². The van der Waals surface area contributed by atoms with Crippen LogP contribution in [0.5, 0.6) is 0 Å². The number of carbonyl (C=O) groups excluding carboxylic acids is 3. The summed E-state index contributed by atoms with van der Waals surface area (Å²) in [7, 11) is -2.40. The van der Waals surface area contributed by atoms with Gasteiger partial charge in [-0.2, -0.15) is 0 Å². The van der Waals surface area contributed by atoms with E-state index in [0.717, 1.165) is 0 Å². The van der Waals surface area contributed by atoms with Gasteiger partial charge >= 0.3 is 17.9 Å². The minimum Gasteiger partial charge on any atom is -0.459 e. The molecule has 1 aliphatic rings. The summed E-state index contributed by atoms with van der Waals surface area (Å²) in [5.41, 5.74) is 0.859. The van der Waals surface area contributed by atoms with Crippen molar-refractivity contribution >= 4 is 26.2 Å². The smallest absolute Gasteiger partial charge is 0.338 e. The summed E-state index contributed by atoms with van der Waals surface area (Å²) in [6.07, 6.45) is -6.42. The first-order chi connectivity index (χ1) is 19.1. The highest BCUT2D eigenvalue weighted by Crippen LogP contribution is 2.31. The molecule has 1 N–H and O–H groups in total. The molecule has 9 nitrogen and oxygen atoms in total. The van der Waals surface area contributed by atoms with E-state index >= 15 is 0 Å². The van der Waals surface area contributed by atoms with Gasteiger partial charge in [0.1, 0.15) is 18.8 Å². The minimum absolute atomic E-state index is 0.262. The molecule has 5 atom stereocenters. The first-order valence-electron chi connectivity index (χ1n) is 12.9. The van der Waals surface area contributed by atoms with Gasteiger partial charge in [-0.05, 0) is 56.0 Å². The number of esters is 3. The third-order valence-electron chi connectivity index (χ3n) is 5.99. The second-order valence-electron chi connectivity index (χ2n) is 10.2. The van der Waals surface area contributed by atoms with Gasteiger partial charge in [0.15, 0.2) is 26.8 Å². The van der Waals surface area contributed by atoms with E-state index in [1.165, 1.54) is 0 Å². The molecule has 3 aromatic carbocycles. The average Bonchev–Trinajstić information content (AvgIpc) is 2.95. The molecule has 0 aromatic heterocycles. The Morgan fingerprint density at radius 1 is 0.675 bits per heavy atom. The van der Waals surface area contributed by atoms with Crippen molar-refractivity contribution < 1.29 is 42.9 Å². The molecule has 0 saturated carbocycles. The van der Waals surface area contributed by atoms with Crippen molar-refractivity contribution in [3.63, 3.8) is 0 Å². The van der Waals surface area contributed by atoms with Crippen molar-refractivity contribution in [1.82, 2.24) is 0 Å². The molecule has 0 bridgehead atoms. The van der Waals surface area contributed by atoms with Crippen molar-refractivity contribution in [2.75, 3.05) is 6.61 Å². The first kappa shape index (κ1) is 29.2. The summed E-state index contributed by atoms with van der Waals surface area (Å²) in [5, 5.41) is 11.0. The SMILES string of the molecule is C[Si](C)(C)O[C@@H]1[C@@H](OC(=O)c2ccccc2)[C@@H](O)O[C@H](COC(=O)c2ccccc2)[C@@H]1OC(=O)c1ccccc1. The van der Waals surface area contributed by atoms with Gasteiger partial charge in [-0.15, -0.1) is 0 Å². The molecular formula is C30H32O9Si. The van der Waals surface area contributed by atoms with Gasteiger partial charge in [0.2, 0.25) is 0 Å². The van der Waals surface area contributed by atoms with Crippen LogP contribution >= 0.6 is 0 Å². The lowest BCUT2D eigenvalue weighted by Crippen LogP contribution is -2.63. The molecule has 0 unspecified atom stereocenters. The Morgan fingerprint density at radius 3 is 1.55 bits per heavy atom. The summed E-state index contributed by atoms with van der Waals surface area (Å²) < 4.78 is 29.2. The Hall–Kier alpha value is -3.83. The zero-order valence-electron chi connectivity index (χ0n) is 22.5. The predicted octanol–water partition coefficient (Wildman–Crippen LogP) is 4.23. The number of carbonyl (C=O) groups is 3. The van der Waals surface area contributed by atoms with Gasteiger partial charge in [0.25, 0.3) is 0 Å². The standard InChI is InChI=1S/C30H32O9Si/c1-40(2,3)39-25-24(37-28(32)21-15-9-5-10-16-21)23(19-35-27(31)20-13-7-4-8-14-20)36-30(34)26(25)38-29(33)22-17-11-6-12-18-22/h4-18,23-26,30,34H,19H2,1-3H3/t23-,24+,25+,26-,30+/m1/s1. The summed E-state index contributed by atoms with van der Waals surface area (Å²) in [4.78, 5) is 38.8. The second-order valence-corrected chi connectivity index (χ2v) is 14.7. The third-order valence-corrected chi connectivity index (χ3v) is 6.97. The average molecular weight is 565 g/mol. The maximum absolute atomic E-state index is 13.2. The third kappa shape index (κ3) is 7.63. The highest BCUT2D eigenvalue weighted by molar-refractivity contribution is 6.69. The van der Waals surface area contributed by atoms with Crippen LogP contribution in [0, 0.1) is 0 Å². The number of aliphatic hydroxyl groups is 1. The predicted molar refractivity (Wildman–Crippen MR) is 147 cm³/mol. The molecule has 1 saturated heterocycles. The van der Waals surface area contributed by atoms with Crippen LogP contribution < -0.4 is 0 Å².